The third kappa shape index (κ3) is 5.26. The van der Waals surface area contributed by atoms with Gasteiger partial charge in [-0.3, -0.25) is 0 Å². The van der Waals surface area contributed by atoms with Gasteiger partial charge in [-0.15, -0.1) is 0 Å². The Morgan fingerprint density at radius 3 is 1.72 bits per heavy atom. The van der Waals surface area contributed by atoms with E-state index in [4.69, 9.17) is 5.10 Å². The number of benzene rings is 3. The van der Waals surface area contributed by atoms with E-state index >= 15 is 0 Å². The number of aryl methyl sites for hydroxylation is 2. The van der Waals surface area contributed by atoms with E-state index in [1.165, 1.54) is 16.8 Å². The molecule has 0 radical (unpaired) electrons. The van der Waals surface area contributed by atoms with Gasteiger partial charge in [0.1, 0.15) is 0 Å². The number of hydrogen-bond donors (Lipinski definition) is 0. The van der Waals surface area contributed by atoms with Crippen LogP contribution in [0.15, 0.2) is 77.9 Å². The summed E-state index contributed by atoms with van der Waals surface area (Å²) in [6.07, 6.45) is 2.96. The summed E-state index contributed by atoms with van der Waals surface area (Å²) < 4.78 is 0. The summed E-state index contributed by atoms with van der Waals surface area (Å²) in [5, 5.41) is 6.83. The minimum absolute atomic E-state index is 1.01. The molecule has 0 aliphatic carbocycles. The van der Waals surface area contributed by atoms with Gasteiger partial charge in [0, 0.05) is 18.8 Å². The van der Waals surface area contributed by atoms with Crippen LogP contribution in [0.2, 0.25) is 0 Å². The van der Waals surface area contributed by atoms with Crippen LogP contribution in [0.5, 0.6) is 0 Å². The molecule has 0 N–H and O–H groups in total. The van der Waals surface area contributed by atoms with Crippen LogP contribution in [0, 0.1) is 6.92 Å². The zero-order chi connectivity index (χ0) is 20.6. The smallest absolute Gasteiger partial charge is 0.0652 e. The van der Waals surface area contributed by atoms with Gasteiger partial charge in [-0.05, 0) is 74.7 Å². The van der Waals surface area contributed by atoms with Crippen LogP contribution in [-0.4, -0.2) is 19.3 Å². The van der Waals surface area contributed by atoms with Crippen LogP contribution >= 0.6 is 0 Å². The Hall–Kier alpha value is -3.07. The molecular weight excluding hydrogens is 354 g/mol. The molecule has 3 nitrogen and oxygen atoms in total. The quantitative estimate of drug-likeness (QED) is 0.322. The Morgan fingerprint density at radius 2 is 1.21 bits per heavy atom. The predicted octanol–water partition coefficient (Wildman–Crippen LogP) is 6.58. The number of hydrazone groups is 1. The first-order valence-electron chi connectivity index (χ1n) is 10.5. The lowest BCUT2D eigenvalue weighted by Crippen LogP contribution is -2.21. The van der Waals surface area contributed by atoms with E-state index in [-0.39, 0.29) is 0 Å². The summed E-state index contributed by atoms with van der Waals surface area (Å²) in [7, 11) is 0. The third-order valence-corrected chi connectivity index (χ3v) is 5.21. The Kier molecular flexibility index (Phi) is 7.07. The van der Waals surface area contributed by atoms with Crippen LogP contribution in [0.25, 0.3) is 0 Å². The zero-order valence-corrected chi connectivity index (χ0v) is 18.0. The summed E-state index contributed by atoms with van der Waals surface area (Å²) >= 11 is 0. The SMILES string of the molecule is CCc1ccc(N(/N=C/c2ccc(N(CC)CC)cc2)c2ccc(C)cc2)cc1. The maximum absolute atomic E-state index is 4.83. The van der Waals surface area contributed by atoms with Crippen molar-refractivity contribution in [2.24, 2.45) is 5.10 Å². The highest BCUT2D eigenvalue weighted by atomic mass is 15.5. The molecule has 0 heterocycles. The average Bonchev–Trinajstić information content (AvgIpc) is 2.77. The minimum Gasteiger partial charge on any atom is -0.372 e. The lowest BCUT2D eigenvalue weighted by molar-refractivity contribution is 0.866. The first-order valence-corrected chi connectivity index (χ1v) is 10.5. The molecule has 29 heavy (non-hydrogen) atoms. The average molecular weight is 386 g/mol. The van der Waals surface area contributed by atoms with Crippen molar-refractivity contribution in [2.45, 2.75) is 34.1 Å². The summed E-state index contributed by atoms with van der Waals surface area (Å²) in [4.78, 5) is 2.34. The summed E-state index contributed by atoms with van der Waals surface area (Å²) in [6.45, 7) is 10.7. The molecule has 0 saturated heterocycles. The molecule has 0 bridgehead atoms. The van der Waals surface area contributed by atoms with Crippen molar-refractivity contribution >= 4 is 23.3 Å². The maximum atomic E-state index is 4.83. The van der Waals surface area contributed by atoms with Crippen LogP contribution in [0.3, 0.4) is 0 Å². The predicted molar refractivity (Wildman–Crippen MR) is 127 cm³/mol. The first-order chi connectivity index (χ1) is 14.1. The van der Waals surface area contributed by atoms with E-state index in [1.807, 2.05) is 11.2 Å². The lowest BCUT2D eigenvalue weighted by atomic mass is 10.1. The second-order valence-corrected chi connectivity index (χ2v) is 7.18. The van der Waals surface area contributed by atoms with Gasteiger partial charge in [-0.25, -0.2) is 5.01 Å². The van der Waals surface area contributed by atoms with E-state index < -0.39 is 0 Å². The van der Waals surface area contributed by atoms with Gasteiger partial charge < -0.3 is 4.90 Å². The van der Waals surface area contributed by atoms with Gasteiger partial charge in [0.25, 0.3) is 0 Å². The molecule has 0 aliphatic heterocycles. The van der Waals surface area contributed by atoms with E-state index in [0.29, 0.717) is 0 Å². The normalized spacial score (nSPS) is 11.0. The van der Waals surface area contributed by atoms with Crippen LogP contribution in [-0.2, 0) is 6.42 Å². The summed E-state index contributed by atoms with van der Waals surface area (Å²) in [6, 6.07) is 25.7. The van der Waals surface area contributed by atoms with Crippen molar-refractivity contribution in [3.05, 3.63) is 89.5 Å². The highest BCUT2D eigenvalue weighted by Gasteiger charge is 2.08. The number of anilines is 3. The Morgan fingerprint density at radius 1 is 0.690 bits per heavy atom. The van der Waals surface area contributed by atoms with Crippen molar-refractivity contribution in [1.82, 2.24) is 0 Å². The monoisotopic (exact) mass is 385 g/mol. The zero-order valence-electron chi connectivity index (χ0n) is 18.0. The number of rotatable bonds is 8. The maximum Gasteiger partial charge on any atom is 0.0652 e. The summed E-state index contributed by atoms with van der Waals surface area (Å²) in [5.74, 6) is 0. The van der Waals surface area contributed by atoms with Gasteiger partial charge in [0.15, 0.2) is 0 Å². The van der Waals surface area contributed by atoms with Gasteiger partial charge in [-0.2, -0.15) is 5.10 Å². The minimum atomic E-state index is 1.01. The standard InChI is InChI=1S/C26H31N3/c1-5-22-10-18-26(19-11-22)29(25-14-8-21(4)9-15-25)27-20-23-12-16-24(17-13-23)28(6-2)7-3/h8-20H,5-7H2,1-4H3/b27-20+. The van der Waals surface area contributed by atoms with Crippen molar-refractivity contribution in [3.8, 4) is 0 Å². The Labute approximate surface area is 175 Å². The van der Waals surface area contributed by atoms with Gasteiger partial charge >= 0.3 is 0 Å². The first kappa shape index (κ1) is 20.7. The molecule has 0 atom stereocenters. The van der Waals surface area contributed by atoms with Gasteiger partial charge in [0.05, 0.1) is 17.6 Å². The molecule has 3 aromatic rings. The molecule has 0 aliphatic rings. The fraction of sp³-hybridized carbons (Fsp3) is 0.269. The Balaban J connectivity index is 1.88. The molecule has 0 saturated carbocycles. The van der Waals surface area contributed by atoms with Gasteiger partial charge in [0.2, 0.25) is 0 Å². The molecule has 150 valence electrons. The van der Waals surface area contributed by atoms with E-state index in [1.54, 1.807) is 0 Å². The summed E-state index contributed by atoms with van der Waals surface area (Å²) in [5.41, 5.74) is 7.01. The van der Waals surface area contributed by atoms with Crippen molar-refractivity contribution in [2.75, 3.05) is 23.0 Å². The highest BCUT2D eigenvalue weighted by molar-refractivity contribution is 5.82. The second-order valence-electron chi connectivity index (χ2n) is 7.18. The fourth-order valence-electron chi connectivity index (χ4n) is 3.33. The van der Waals surface area contributed by atoms with Crippen LogP contribution in [0.1, 0.15) is 37.5 Å². The van der Waals surface area contributed by atoms with Crippen molar-refractivity contribution < 1.29 is 0 Å². The van der Waals surface area contributed by atoms with Gasteiger partial charge in [-0.1, -0.05) is 48.9 Å². The largest absolute Gasteiger partial charge is 0.372 e. The van der Waals surface area contributed by atoms with Crippen LogP contribution in [0.4, 0.5) is 17.1 Å². The Bertz CT molecular complexity index is 906. The second kappa shape index (κ2) is 9.92. The molecule has 0 unspecified atom stereocenters. The van der Waals surface area contributed by atoms with E-state index in [9.17, 15) is 0 Å². The fourth-order valence-corrected chi connectivity index (χ4v) is 3.33. The van der Waals surface area contributed by atoms with E-state index in [2.05, 4.69) is 105 Å². The van der Waals surface area contributed by atoms with Crippen molar-refractivity contribution in [3.63, 3.8) is 0 Å². The number of nitrogens with zero attached hydrogens (tertiary/aromatic N) is 3. The lowest BCUT2D eigenvalue weighted by Gasteiger charge is -2.21. The molecule has 0 amide bonds. The molecule has 3 rings (SSSR count). The molecule has 0 aromatic heterocycles. The topological polar surface area (TPSA) is 18.8 Å². The van der Waals surface area contributed by atoms with Crippen molar-refractivity contribution in [1.29, 1.82) is 0 Å². The molecule has 3 aromatic carbocycles. The van der Waals surface area contributed by atoms with E-state index in [0.717, 1.165) is 36.4 Å². The molecular formula is C26H31N3. The molecule has 0 spiro atoms. The number of hydrogen-bond acceptors (Lipinski definition) is 3. The van der Waals surface area contributed by atoms with Crippen LogP contribution < -0.4 is 9.91 Å². The molecule has 0 fully saturated rings. The highest BCUT2D eigenvalue weighted by Crippen LogP contribution is 2.27. The third-order valence-electron chi connectivity index (χ3n) is 5.21. The molecule has 3 heteroatoms.